The van der Waals surface area contributed by atoms with Crippen LogP contribution in [-0.2, 0) is 18.9 Å². The summed E-state index contributed by atoms with van der Waals surface area (Å²) < 4.78 is 25.3. The van der Waals surface area contributed by atoms with E-state index in [0.717, 1.165) is 22.3 Å². The fourth-order valence-corrected chi connectivity index (χ4v) is 5.37. The molecule has 2 saturated heterocycles. The number of aryl methyl sites for hydroxylation is 1. The molecule has 4 atom stereocenters. The van der Waals surface area contributed by atoms with Gasteiger partial charge in [0.2, 0.25) is 0 Å². The van der Waals surface area contributed by atoms with E-state index in [4.69, 9.17) is 23.9 Å². The predicted molar refractivity (Wildman–Crippen MR) is 142 cm³/mol. The van der Waals surface area contributed by atoms with Gasteiger partial charge in [-0.05, 0) is 51.0 Å². The minimum Gasteiger partial charge on any atom is -0.462 e. The van der Waals surface area contributed by atoms with E-state index < -0.39 is 30.3 Å². The molecule has 0 radical (unpaired) electrons. The number of esters is 1. The molecular formula is C29H30N4O6. The molecule has 202 valence electrons. The van der Waals surface area contributed by atoms with Crippen molar-refractivity contribution in [3.8, 4) is 22.4 Å². The molecule has 2 aromatic carbocycles. The Morgan fingerprint density at radius 2 is 1.82 bits per heavy atom. The summed E-state index contributed by atoms with van der Waals surface area (Å²) in [5.41, 5.74) is 6.20. The Bertz CT molecular complexity index is 1530. The topological polar surface area (TPSA) is 118 Å². The molecule has 2 aliphatic heterocycles. The summed E-state index contributed by atoms with van der Waals surface area (Å²) in [7, 11) is 0. The average Bonchev–Trinajstić information content (AvgIpc) is 3.59. The van der Waals surface area contributed by atoms with Crippen LogP contribution in [0.25, 0.3) is 33.5 Å². The van der Waals surface area contributed by atoms with Crippen LogP contribution in [0.15, 0.2) is 55.1 Å². The molecule has 4 unspecified atom stereocenters. The molecule has 4 aromatic rings. The van der Waals surface area contributed by atoms with Crippen molar-refractivity contribution in [1.82, 2.24) is 19.5 Å². The Hall–Kier alpha value is -3.70. The zero-order chi connectivity index (χ0) is 27.3. The lowest BCUT2D eigenvalue weighted by molar-refractivity contribution is -0.199. The average molecular weight is 531 g/mol. The van der Waals surface area contributed by atoms with Gasteiger partial charge in [-0.25, -0.2) is 19.7 Å². The van der Waals surface area contributed by atoms with E-state index in [1.54, 1.807) is 25.4 Å². The molecule has 2 fully saturated rings. The first-order valence-electron chi connectivity index (χ1n) is 13.0. The van der Waals surface area contributed by atoms with Gasteiger partial charge < -0.3 is 24.1 Å². The van der Waals surface area contributed by atoms with Gasteiger partial charge in [0.1, 0.15) is 35.8 Å². The highest BCUT2D eigenvalue weighted by Crippen LogP contribution is 2.44. The van der Waals surface area contributed by atoms with Crippen LogP contribution in [0.5, 0.6) is 0 Å². The third-order valence-electron chi connectivity index (χ3n) is 7.08. The van der Waals surface area contributed by atoms with Crippen LogP contribution >= 0.6 is 0 Å². The van der Waals surface area contributed by atoms with Crippen LogP contribution in [-0.4, -0.2) is 67.9 Å². The molecule has 39 heavy (non-hydrogen) atoms. The molecule has 1 N–H and O–H groups in total. The number of benzene rings is 2. The Balaban J connectivity index is 1.41. The number of carbonyl (C=O) groups excluding carboxylic acids is 1. The van der Waals surface area contributed by atoms with Gasteiger partial charge in [-0.15, -0.1) is 0 Å². The minimum absolute atomic E-state index is 0.189. The molecule has 2 aliphatic rings. The first-order valence-corrected chi connectivity index (χ1v) is 13.0. The highest BCUT2D eigenvalue weighted by Gasteiger charge is 2.56. The SMILES string of the molecule is CCOC(=O)c1ccc(-c2cc(C)ccc2-c2ncnc3c2ncn3C2OC(CO)C3OC(C)(C)OC32)cc1. The molecule has 2 aromatic heterocycles. The predicted octanol–water partition coefficient (Wildman–Crippen LogP) is 4.06. The maximum atomic E-state index is 12.1. The van der Waals surface area contributed by atoms with E-state index in [9.17, 15) is 9.90 Å². The molecule has 4 heterocycles. The number of nitrogens with zero attached hydrogens (tertiary/aromatic N) is 4. The van der Waals surface area contributed by atoms with E-state index in [1.807, 2.05) is 49.6 Å². The third-order valence-corrected chi connectivity index (χ3v) is 7.08. The third kappa shape index (κ3) is 4.49. The normalized spacial score (nSPS) is 23.7. The maximum Gasteiger partial charge on any atom is 0.338 e. The molecule has 0 aliphatic carbocycles. The number of aromatic nitrogens is 4. The zero-order valence-electron chi connectivity index (χ0n) is 22.2. The number of carbonyl (C=O) groups is 1. The van der Waals surface area contributed by atoms with Gasteiger partial charge >= 0.3 is 5.97 Å². The van der Waals surface area contributed by atoms with E-state index in [1.165, 1.54) is 6.33 Å². The van der Waals surface area contributed by atoms with Gasteiger partial charge in [0.25, 0.3) is 0 Å². The highest BCUT2D eigenvalue weighted by molar-refractivity contribution is 5.95. The van der Waals surface area contributed by atoms with E-state index in [2.05, 4.69) is 16.0 Å². The van der Waals surface area contributed by atoms with E-state index in [-0.39, 0.29) is 12.6 Å². The molecule has 0 saturated carbocycles. The van der Waals surface area contributed by atoms with Crippen molar-refractivity contribution in [3.63, 3.8) is 0 Å². The Morgan fingerprint density at radius 3 is 2.56 bits per heavy atom. The van der Waals surface area contributed by atoms with Gasteiger partial charge in [0, 0.05) is 5.56 Å². The Morgan fingerprint density at radius 1 is 1.05 bits per heavy atom. The lowest BCUT2D eigenvalue weighted by atomic mass is 9.94. The lowest BCUT2D eigenvalue weighted by Gasteiger charge is -2.24. The number of ether oxygens (including phenoxy) is 4. The maximum absolute atomic E-state index is 12.1. The van der Waals surface area contributed by atoms with Gasteiger partial charge in [-0.1, -0.05) is 35.9 Å². The minimum atomic E-state index is -0.791. The highest BCUT2D eigenvalue weighted by atomic mass is 16.8. The second kappa shape index (κ2) is 9.80. The van der Waals surface area contributed by atoms with E-state index in [0.29, 0.717) is 29.0 Å². The summed E-state index contributed by atoms with van der Waals surface area (Å²) >= 11 is 0. The summed E-state index contributed by atoms with van der Waals surface area (Å²) in [5.74, 6) is -1.14. The molecular weight excluding hydrogens is 500 g/mol. The largest absolute Gasteiger partial charge is 0.462 e. The molecule has 0 amide bonds. The summed E-state index contributed by atoms with van der Waals surface area (Å²) in [6.07, 6.45) is 1.24. The number of imidazole rings is 1. The van der Waals surface area contributed by atoms with Gasteiger partial charge in [0.15, 0.2) is 17.7 Å². The summed E-state index contributed by atoms with van der Waals surface area (Å²) in [5, 5.41) is 9.90. The molecule has 0 spiro atoms. The smallest absolute Gasteiger partial charge is 0.338 e. The van der Waals surface area contributed by atoms with Crippen molar-refractivity contribution in [2.24, 2.45) is 0 Å². The van der Waals surface area contributed by atoms with Crippen molar-refractivity contribution in [2.75, 3.05) is 13.2 Å². The molecule has 10 heteroatoms. The van der Waals surface area contributed by atoms with Crippen molar-refractivity contribution in [1.29, 1.82) is 0 Å². The molecule has 6 rings (SSSR count). The lowest BCUT2D eigenvalue weighted by Crippen LogP contribution is -2.31. The van der Waals surface area contributed by atoms with Crippen LogP contribution in [0.3, 0.4) is 0 Å². The van der Waals surface area contributed by atoms with Crippen molar-refractivity contribution in [2.45, 2.75) is 58.0 Å². The van der Waals surface area contributed by atoms with Crippen LogP contribution in [0.1, 0.15) is 42.9 Å². The quantitative estimate of drug-likeness (QED) is 0.368. The van der Waals surface area contributed by atoms with Crippen LogP contribution in [0, 0.1) is 6.92 Å². The summed E-state index contributed by atoms with van der Waals surface area (Å²) in [6, 6.07) is 13.5. The number of aliphatic hydroxyl groups is 1. The Labute approximate surface area is 225 Å². The second-order valence-corrected chi connectivity index (χ2v) is 10.2. The van der Waals surface area contributed by atoms with Gasteiger partial charge in [-0.2, -0.15) is 0 Å². The standard InChI is InChI=1S/C29H30N4O6/c1-5-36-28(35)18-9-7-17(8-10-18)20-12-16(2)6-11-19(20)22-23-26(31-14-30-22)33(15-32-23)27-25-24(21(13-34)37-27)38-29(3,4)39-25/h6-12,14-15,21,24-25,27,34H,5,13H2,1-4H3. The van der Waals surface area contributed by atoms with Crippen molar-refractivity contribution >= 4 is 17.1 Å². The van der Waals surface area contributed by atoms with Gasteiger partial charge in [0.05, 0.1) is 25.1 Å². The van der Waals surface area contributed by atoms with Crippen LogP contribution in [0.4, 0.5) is 0 Å². The van der Waals surface area contributed by atoms with Crippen LogP contribution in [0.2, 0.25) is 0 Å². The summed E-state index contributed by atoms with van der Waals surface area (Å²) in [4.78, 5) is 26.0. The number of hydrogen-bond donors (Lipinski definition) is 1. The van der Waals surface area contributed by atoms with Crippen molar-refractivity contribution < 1.29 is 28.8 Å². The summed E-state index contributed by atoms with van der Waals surface area (Å²) in [6.45, 7) is 7.64. The zero-order valence-corrected chi connectivity index (χ0v) is 22.2. The number of fused-ring (bicyclic) bond motifs is 2. The van der Waals surface area contributed by atoms with Gasteiger partial charge in [-0.3, -0.25) is 4.57 Å². The first kappa shape index (κ1) is 25.6. The fraction of sp³-hybridized carbons (Fsp3) is 0.379. The molecule has 0 bridgehead atoms. The first-order chi connectivity index (χ1) is 18.8. The monoisotopic (exact) mass is 530 g/mol. The second-order valence-electron chi connectivity index (χ2n) is 10.2. The number of rotatable bonds is 6. The Kier molecular flexibility index (Phi) is 6.43. The van der Waals surface area contributed by atoms with Crippen molar-refractivity contribution in [3.05, 3.63) is 66.2 Å². The number of aliphatic hydroxyl groups excluding tert-OH is 1. The van der Waals surface area contributed by atoms with E-state index >= 15 is 0 Å². The van der Waals surface area contributed by atoms with Crippen LogP contribution < -0.4 is 0 Å². The molecule has 10 nitrogen and oxygen atoms in total. The number of hydrogen-bond acceptors (Lipinski definition) is 9. The fourth-order valence-electron chi connectivity index (χ4n) is 5.37.